The number of hydrogen-bond acceptors (Lipinski definition) is 4. The Morgan fingerprint density at radius 1 is 1.00 bits per heavy atom. The summed E-state index contributed by atoms with van der Waals surface area (Å²) in [5, 5.41) is 13.8. The van der Waals surface area contributed by atoms with Crippen LogP contribution in [0.25, 0.3) is 0 Å². The molecule has 0 aliphatic carbocycles. The number of nitro groups is 1. The van der Waals surface area contributed by atoms with E-state index in [0.29, 0.717) is 11.3 Å². The van der Waals surface area contributed by atoms with Crippen molar-refractivity contribution in [3.05, 3.63) is 99.6 Å². The van der Waals surface area contributed by atoms with Gasteiger partial charge < -0.3 is 10.1 Å². The van der Waals surface area contributed by atoms with E-state index in [1.54, 1.807) is 18.2 Å². The Bertz CT molecular complexity index is 954. The second-order valence-corrected chi connectivity index (χ2v) is 5.95. The van der Waals surface area contributed by atoms with Crippen molar-refractivity contribution in [2.45, 2.75) is 6.42 Å². The van der Waals surface area contributed by atoms with Crippen LogP contribution in [0.3, 0.4) is 0 Å². The molecule has 3 rings (SSSR count). The summed E-state index contributed by atoms with van der Waals surface area (Å²) in [6, 6.07) is 21.5. The highest BCUT2D eigenvalue weighted by molar-refractivity contribution is 6.05. The van der Waals surface area contributed by atoms with Gasteiger partial charge in [0.1, 0.15) is 11.4 Å². The maximum Gasteiger partial charge on any atom is 0.296 e. The third kappa shape index (κ3) is 4.49. The molecule has 0 unspecified atom stereocenters. The Kier molecular flexibility index (Phi) is 5.47. The van der Waals surface area contributed by atoms with Gasteiger partial charge in [-0.3, -0.25) is 14.9 Å². The van der Waals surface area contributed by atoms with Crippen LogP contribution in [0, 0.1) is 10.1 Å². The van der Waals surface area contributed by atoms with Crippen molar-refractivity contribution >= 4 is 17.3 Å². The zero-order chi connectivity index (χ0) is 19.2. The average molecular weight is 362 g/mol. The molecule has 1 N–H and O–H groups in total. The number of nitrogens with one attached hydrogen (secondary N) is 1. The quantitative estimate of drug-likeness (QED) is 0.519. The molecule has 0 saturated heterocycles. The van der Waals surface area contributed by atoms with Gasteiger partial charge in [0.15, 0.2) is 0 Å². The second-order valence-electron chi connectivity index (χ2n) is 5.95. The Morgan fingerprint density at radius 2 is 1.67 bits per heavy atom. The molecule has 0 radical (unpaired) electrons. The molecule has 1 amide bonds. The summed E-state index contributed by atoms with van der Waals surface area (Å²) in [5.41, 5.74) is 2.59. The monoisotopic (exact) mass is 362 g/mol. The molecule has 6 heteroatoms. The molecule has 3 aromatic carbocycles. The number of rotatable bonds is 6. The third-order valence-corrected chi connectivity index (χ3v) is 4.12. The number of carbonyl (C=O) groups is 1. The third-order valence-electron chi connectivity index (χ3n) is 4.12. The summed E-state index contributed by atoms with van der Waals surface area (Å²) in [6.07, 6.45) is 0.771. The van der Waals surface area contributed by atoms with E-state index >= 15 is 0 Å². The molecule has 0 saturated carbocycles. The molecule has 27 heavy (non-hydrogen) atoms. The Balaban J connectivity index is 1.74. The number of nitro benzene ring substituents is 1. The van der Waals surface area contributed by atoms with E-state index in [-0.39, 0.29) is 11.4 Å². The van der Waals surface area contributed by atoms with Gasteiger partial charge in [0.2, 0.25) is 0 Å². The predicted molar refractivity (Wildman–Crippen MR) is 103 cm³/mol. The maximum absolute atomic E-state index is 12.4. The Hall–Kier alpha value is -3.67. The minimum Gasteiger partial charge on any atom is -0.496 e. The Morgan fingerprint density at radius 3 is 2.30 bits per heavy atom. The van der Waals surface area contributed by atoms with Gasteiger partial charge in [0.05, 0.1) is 18.1 Å². The summed E-state index contributed by atoms with van der Waals surface area (Å²) in [7, 11) is 1.42. The van der Waals surface area contributed by atoms with Crippen LogP contribution in [-0.2, 0) is 6.42 Å². The number of ether oxygens (including phenoxy) is 1. The van der Waals surface area contributed by atoms with Gasteiger partial charge in [-0.05, 0) is 41.8 Å². The zero-order valence-corrected chi connectivity index (χ0v) is 14.7. The van der Waals surface area contributed by atoms with E-state index in [1.807, 2.05) is 42.5 Å². The van der Waals surface area contributed by atoms with E-state index < -0.39 is 10.8 Å². The first-order valence-corrected chi connectivity index (χ1v) is 8.33. The summed E-state index contributed by atoms with van der Waals surface area (Å²) in [5.74, 6) is -0.0560. The van der Waals surface area contributed by atoms with Crippen LogP contribution in [0.2, 0.25) is 0 Å². The molecule has 6 nitrogen and oxygen atoms in total. The number of methoxy groups -OCH3 is 1. The van der Waals surface area contributed by atoms with Gasteiger partial charge in [0, 0.05) is 5.56 Å². The lowest BCUT2D eigenvalue weighted by atomic mass is 10.0. The van der Waals surface area contributed by atoms with Gasteiger partial charge in [-0.1, -0.05) is 42.5 Å². The number of anilines is 1. The van der Waals surface area contributed by atoms with Crippen LogP contribution in [-0.4, -0.2) is 17.9 Å². The van der Waals surface area contributed by atoms with E-state index in [9.17, 15) is 14.9 Å². The molecule has 0 bridgehead atoms. The summed E-state index contributed by atoms with van der Waals surface area (Å²) >= 11 is 0. The van der Waals surface area contributed by atoms with Gasteiger partial charge in [0.25, 0.3) is 11.6 Å². The zero-order valence-electron chi connectivity index (χ0n) is 14.7. The fourth-order valence-electron chi connectivity index (χ4n) is 2.70. The van der Waals surface area contributed by atoms with E-state index in [1.165, 1.54) is 24.8 Å². The number of hydrogen-bond donors (Lipinski definition) is 1. The van der Waals surface area contributed by atoms with E-state index in [0.717, 1.165) is 12.0 Å². The minimum absolute atomic E-state index is 0.124. The van der Waals surface area contributed by atoms with Crippen LogP contribution in [0.15, 0.2) is 72.8 Å². The molecule has 0 fully saturated rings. The topological polar surface area (TPSA) is 81.5 Å². The van der Waals surface area contributed by atoms with Crippen molar-refractivity contribution in [2.75, 3.05) is 12.4 Å². The predicted octanol–water partition coefficient (Wildman–Crippen LogP) is 4.45. The largest absolute Gasteiger partial charge is 0.496 e. The fourth-order valence-corrected chi connectivity index (χ4v) is 2.70. The van der Waals surface area contributed by atoms with Crippen molar-refractivity contribution in [1.82, 2.24) is 0 Å². The van der Waals surface area contributed by atoms with Crippen LogP contribution < -0.4 is 10.1 Å². The SMILES string of the molecule is COc1ccc(NC(=O)c2ccc(Cc3ccccc3)cc2)c([N+](=O)[O-])c1. The smallest absolute Gasteiger partial charge is 0.296 e. The molecular formula is C21H18N2O4. The number of nitrogens with zero attached hydrogens (tertiary/aromatic N) is 1. The summed E-state index contributed by atoms with van der Waals surface area (Å²) in [4.78, 5) is 23.1. The van der Waals surface area contributed by atoms with Crippen LogP contribution in [0.4, 0.5) is 11.4 Å². The highest BCUT2D eigenvalue weighted by atomic mass is 16.6. The molecule has 0 aromatic heterocycles. The van der Waals surface area contributed by atoms with Crippen molar-refractivity contribution in [3.8, 4) is 5.75 Å². The minimum atomic E-state index is -0.554. The molecule has 0 heterocycles. The van der Waals surface area contributed by atoms with Crippen molar-refractivity contribution in [3.63, 3.8) is 0 Å². The molecular weight excluding hydrogens is 344 g/mol. The molecule has 3 aromatic rings. The molecule has 136 valence electrons. The van der Waals surface area contributed by atoms with Crippen molar-refractivity contribution in [1.29, 1.82) is 0 Å². The average Bonchev–Trinajstić information content (AvgIpc) is 2.69. The second kappa shape index (κ2) is 8.14. The highest BCUT2D eigenvalue weighted by Crippen LogP contribution is 2.29. The first-order chi connectivity index (χ1) is 13.1. The van der Waals surface area contributed by atoms with Gasteiger partial charge in [-0.15, -0.1) is 0 Å². The molecule has 0 spiro atoms. The maximum atomic E-state index is 12.4. The van der Waals surface area contributed by atoms with Crippen molar-refractivity contribution in [2.24, 2.45) is 0 Å². The van der Waals surface area contributed by atoms with E-state index in [4.69, 9.17) is 4.74 Å². The van der Waals surface area contributed by atoms with Crippen LogP contribution in [0.1, 0.15) is 21.5 Å². The van der Waals surface area contributed by atoms with Crippen LogP contribution >= 0.6 is 0 Å². The highest BCUT2D eigenvalue weighted by Gasteiger charge is 2.18. The summed E-state index contributed by atoms with van der Waals surface area (Å²) < 4.78 is 4.99. The van der Waals surface area contributed by atoms with Gasteiger partial charge in [-0.2, -0.15) is 0 Å². The number of benzene rings is 3. The van der Waals surface area contributed by atoms with E-state index in [2.05, 4.69) is 5.32 Å². The van der Waals surface area contributed by atoms with Gasteiger partial charge >= 0.3 is 0 Å². The molecule has 0 aliphatic heterocycles. The van der Waals surface area contributed by atoms with Crippen molar-refractivity contribution < 1.29 is 14.5 Å². The Labute approximate surface area is 156 Å². The first kappa shape index (κ1) is 18.1. The standard InChI is InChI=1S/C21H18N2O4/c1-27-18-11-12-19(20(14-18)23(25)26)22-21(24)17-9-7-16(8-10-17)13-15-5-3-2-4-6-15/h2-12,14H,13H2,1H3,(H,22,24). The van der Waals surface area contributed by atoms with Gasteiger partial charge in [-0.25, -0.2) is 0 Å². The lowest BCUT2D eigenvalue weighted by Crippen LogP contribution is -2.13. The first-order valence-electron chi connectivity index (χ1n) is 8.33. The molecule has 0 atom stereocenters. The summed E-state index contributed by atoms with van der Waals surface area (Å²) in [6.45, 7) is 0. The lowest BCUT2D eigenvalue weighted by molar-refractivity contribution is -0.384. The number of carbonyl (C=O) groups excluding carboxylic acids is 1. The fraction of sp³-hybridized carbons (Fsp3) is 0.0952. The molecule has 0 aliphatic rings. The van der Waals surface area contributed by atoms with Crippen LogP contribution in [0.5, 0.6) is 5.75 Å². The normalized spacial score (nSPS) is 10.3. The lowest BCUT2D eigenvalue weighted by Gasteiger charge is -2.08. The number of amides is 1.